The molecule has 7 heterocycles. The van der Waals surface area contributed by atoms with Crippen molar-refractivity contribution in [2.75, 3.05) is 0 Å². The second kappa shape index (κ2) is 18.0. The van der Waals surface area contributed by atoms with E-state index in [1.54, 1.807) is 42.9 Å². The van der Waals surface area contributed by atoms with Crippen LogP contribution in [0.1, 0.15) is 147 Å². The predicted molar refractivity (Wildman–Crippen MR) is 280 cm³/mol. The van der Waals surface area contributed by atoms with Crippen LogP contribution in [0.25, 0.3) is 44.3 Å². The number of nitrogens with zero attached hydrogens (tertiary/aromatic N) is 9. The third-order valence-corrected chi connectivity index (χ3v) is 19.7. The van der Waals surface area contributed by atoms with E-state index < -0.39 is 25.5 Å². The molecule has 2 aliphatic rings. The van der Waals surface area contributed by atoms with Crippen LogP contribution in [0.5, 0.6) is 0 Å². The molecule has 2 aliphatic carbocycles. The highest BCUT2D eigenvalue weighted by Crippen LogP contribution is 2.47. The van der Waals surface area contributed by atoms with Crippen LogP contribution in [0.4, 0.5) is 4.79 Å². The quantitative estimate of drug-likeness (QED) is 0.0967. The Balaban J connectivity index is 0.000000169. The highest BCUT2D eigenvalue weighted by atomic mass is 28.3. The van der Waals surface area contributed by atoms with E-state index >= 15 is 0 Å². The van der Waals surface area contributed by atoms with Gasteiger partial charge in [0.25, 0.3) is 0 Å². The van der Waals surface area contributed by atoms with Crippen LogP contribution in [0, 0.1) is 27.7 Å². The molecule has 7 aromatic heterocycles. The molecule has 0 spiro atoms. The highest BCUT2D eigenvalue weighted by molar-refractivity contribution is 6.78. The number of aromatic nitrogens is 10. The van der Waals surface area contributed by atoms with Crippen LogP contribution in [-0.4, -0.2) is 79.8 Å². The van der Waals surface area contributed by atoms with E-state index in [9.17, 15) is 14.7 Å². The van der Waals surface area contributed by atoms with Gasteiger partial charge in [0.1, 0.15) is 45.8 Å². The largest absolute Gasteiger partial charge is 0.443 e. The molecular formula is C56H62N10O6Si. The minimum atomic E-state index is -2.19. The van der Waals surface area contributed by atoms with Crippen LogP contribution >= 0.6 is 0 Å². The van der Waals surface area contributed by atoms with E-state index in [1.165, 1.54) is 4.57 Å². The van der Waals surface area contributed by atoms with Crippen LogP contribution in [0.2, 0.25) is 18.1 Å². The Labute approximate surface area is 424 Å². The number of fused-ring (bicyclic) bond motifs is 2. The zero-order chi connectivity index (χ0) is 51.9. The first-order valence-electron chi connectivity index (χ1n) is 24.9. The fourth-order valence-electron chi connectivity index (χ4n) is 9.49. The number of carbonyl (C=O) groups is 2. The zero-order valence-electron chi connectivity index (χ0n) is 43.6. The van der Waals surface area contributed by atoms with Crippen LogP contribution < -0.4 is 0 Å². The normalized spacial score (nSPS) is 15.1. The van der Waals surface area contributed by atoms with Gasteiger partial charge in [0, 0.05) is 53.3 Å². The number of rotatable bonds is 10. The molecule has 1 atom stereocenters. The van der Waals surface area contributed by atoms with Gasteiger partial charge in [-0.1, -0.05) is 56.3 Å². The number of aromatic amines is 1. The molecule has 2 saturated carbocycles. The van der Waals surface area contributed by atoms with Crippen LogP contribution in [0.3, 0.4) is 0 Å². The molecule has 16 nitrogen and oxygen atoms in total. The standard InChI is InChI=1S/C30H36N6O2Si.C26H26N4O4/c1-18-25(19(2)38-35-18)21-16-22(26-23(17-21)33-27(34-26)20-11-12-20)30(37,24-10-8-9-13-31-24)28-32-14-15-36(28)39(6,7)29(3,4)5;1-14-21(15(2)34-29-14)17-12-18(23(31)19-8-6-7-11-27-19)22-20(13-17)30(24(28-22)16-9-10-16)25(32)33-26(3,4)5/h8-10,13-17,20,37H,11-12H2,1-7H3,(H,33,34);6-8,11-13,16H,9-10H2,1-5H3. The van der Waals surface area contributed by atoms with Crippen molar-refractivity contribution >= 4 is 42.2 Å². The van der Waals surface area contributed by atoms with Gasteiger partial charge in [-0.05, 0) is 139 Å². The first-order valence-corrected chi connectivity index (χ1v) is 27.9. The Morgan fingerprint density at radius 2 is 1.38 bits per heavy atom. The average Bonchev–Trinajstić information content (AvgIpc) is 4.14. The number of hydrogen-bond donors (Lipinski definition) is 2. The highest BCUT2D eigenvalue weighted by Gasteiger charge is 2.47. The van der Waals surface area contributed by atoms with Gasteiger partial charge < -0.3 is 28.1 Å². The Bertz CT molecular complexity index is 3530. The Kier molecular flexibility index (Phi) is 12.1. The lowest BCUT2D eigenvalue weighted by Gasteiger charge is -2.41. The molecule has 0 aliphatic heterocycles. The molecule has 9 aromatic rings. The molecule has 17 heteroatoms. The molecule has 0 bridgehead atoms. The minimum Gasteiger partial charge on any atom is -0.443 e. The summed E-state index contributed by atoms with van der Waals surface area (Å²) in [6.07, 6.45) is 10.7. The maximum absolute atomic E-state index is 13.6. The first kappa shape index (κ1) is 49.2. The average molecular weight is 999 g/mol. The molecule has 0 amide bonds. The third kappa shape index (κ3) is 8.91. The Hall–Kier alpha value is -7.37. The van der Waals surface area contributed by atoms with E-state index in [2.05, 4.69) is 64.4 Å². The third-order valence-electron chi connectivity index (χ3n) is 14.5. The summed E-state index contributed by atoms with van der Waals surface area (Å²) in [5, 5.41) is 21.4. The smallest absolute Gasteiger partial charge is 0.420 e. The van der Waals surface area contributed by atoms with Crippen molar-refractivity contribution in [2.45, 2.75) is 136 Å². The molecule has 1 unspecified atom stereocenters. The molecule has 0 saturated heterocycles. The van der Waals surface area contributed by atoms with Crippen molar-refractivity contribution in [2.24, 2.45) is 0 Å². The number of imidazole rings is 3. The molecule has 376 valence electrons. The summed E-state index contributed by atoms with van der Waals surface area (Å²) in [5.74, 6) is 3.79. The number of benzene rings is 2. The lowest BCUT2D eigenvalue weighted by molar-refractivity contribution is 0.0538. The molecular weight excluding hydrogens is 937 g/mol. The van der Waals surface area contributed by atoms with E-state index in [0.717, 1.165) is 76.2 Å². The van der Waals surface area contributed by atoms with Crippen molar-refractivity contribution in [1.82, 2.24) is 49.0 Å². The lowest BCUT2D eigenvalue weighted by atomic mass is 9.85. The number of ether oxygens (including phenoxy) is 1. The fraction of sp³-hybridized carbons (Fsp3) is 0.375. The molecule has 2 fully saturated rings. The van der Waals surface area contributed by atoms with Gasteiger partial charge in [-0.15, -0.1) is 0 Å². The number of ketones is 1. The number of carbonyl (C=O) groups excluding carboxylic acids is 2. The summed E-state index contributed by atoms with van der Waals surface area (Å²) in [4.78, 5) is 54.2. The van der Waals surface area contributed by atoms with Crippen molar-refractivity contribution in [3.05, 3.63) is 148 Å². The van der Waals surface area contributed by atoms with Gasteiger partial charge in [0.05, 0.1) is 39.2 Å². The Morgan fingerprint density at radius 3 is 1.93 bits per heavy atom. The number of nitrogens with one attached hydrogen (secondary N) is 1. The number of hydrogen-bond acceptors (Lipinski definition) is 13. The van der Waals surface area contributed by atoms with E-state index in [-0.39, 0.29) is 16.7 Å². The summed E-state index contributed by atoms with van der Waals surface area (Å²) in [5.41, 5.74) is 6.85. The van der Waals surface area contributed by atoms with E-state index in [4.69, 9.17) is 33.7 Å². The van der Waals surface area contributed by atoms with Gasteiger partial charge in [-0.3, -0.25) is 14.8 Å². The number of H-pyrrole nitrogens is 1. The summed E-state index contributed by atoms with van der Waals surface area (Å²) in [6, 6.07) is 18.6. The summed E-state index contributed by atoms with van der Waals surface area (Å²) in [6.45, 7) is 24.4. The minimum absolute atomic E-state index is 0.00676. The van der Waals surface area contributed by atoms with Crippen molar-refractivity contribution < 1.29 is 28.5 Å². The predicted octanol–water partition coefficient (Wildman–Crippen LogP) is 12.0. The van der Waals surface area contributed by atoms with Crippen LogP contribution in [0.15, 0.2) is 94.5 Å². The summed E-state index contributed by atoms with van der Waals surface area (Å²) >= 11 is 0. The van der Waals surface area contributed by atoms with Gasteiger partial charge in [-0.2, -0.15) is 0 Å². The monoisotopic (exact) mass is 998 g/mol. The molecule has 2 aromatic carbocycles. The van der Waals surface area contributed by atoms with Crippen molar-refractivity contribution in [3.63, 3.8) is 0 Å². The molecule has 0 radical (unpaired) electrons. The van der Waals surface area contributed by atoms with Crippen molar-refractivity contribution in [1.29, 1.82) is 0 Å². The molecule has 2 N–H and O–H groups in total. The van der Waals surface area contributed by atoms with Crippen LogP contribution in [-0.2, 0) is 10.3 Å². The van der Waals surface area contributed by atoms with Gasteiger partial charge in [0.15, 0.2) is 13.8 Å². The zero-order valence-corrected chi connectivity index (χ0v) is 44.6. The lowest BCUT2D eigenvalue weighted by Crippen LogP contribution is -2.49. The van der Waals surface area contributed by atoms with Crippen molar-refractivity contribution in [3.8, 4) is 22.3 Å². The van der Waals surface area contributed by atoms with Gasteiger partial charge >= 0.3 is 6.09 Å². The fourth-order valence-corrected chi connectivity index (χ4v) is 11.4. The molecule has 11 rings (SSSR count). The maximum Gasteiger partial charge on any atom is 0.420 e. The SMILES string of the molecule is Cc1noc(C)c1-c1cc(C(=O)c2ccccn2)c2nc(C3CC3)n(C(=O)OC(C)(C)C)c2c1.Cc1noc(C)c1-c1cc(C(O)(c2ccccn2)c2nccn2[Si](C)(C)C(C)(C)C)c2nc(C3CC3)[nH]c2c1. The topological polar surface area (TPSA) is 206 Å². The maximum atomic E-state index is 13.6. The first-order chi connectivity index (χ1) is 34.6. The van der Waals surface area contributed by atoms with E-state index in [0.29, 0.717) is 62.6 Å². The number of pyridine rings is 2. The number of aryl methyl sites for hydroxylation is 4. The van der Waals surface area contributed by atoms with E-state index in [1.807, 2.05) is 85.0 Å². The number of aliphatic hydroxyl groups is 1. The summed E-state index contributed by atoms with van der Waals surface area (Å²) < 4.78 is 20.4. The van der Waals surface area contributed by atoms with Gasteiger partial charge in [0.2, 0.25) is 5.78 Å². The Morgan fingerprint density at radius 1 is 0.753 bits per heavy atom. The summed E-state index contributed by atoms with van der Waals surface area (Å²) in [7, 11) is -2.19. The van der Waals surface area contributed by atoms with Gasteiger partial charge in [-0.25, -0.2) is 24.3 Å². The molecule has 73 heavy (non-hydrogen) atoms. The second-order valence-electron chi connectivity index (χ2n) is 22.1. The second-order valence-corrected chi connectivity index (χ2v) is 27.2.